The third-order valence-corrected chi connectivity index (χ3v) is 11.6. The van der Waals surface area contributed by atoms with Crippen LogP contribution in [-0.4, -0.2) is 56.0 Å². The predicted octanol–water partition coefficient (Wildman–Crippen LogP) is 8.91. The number of unbranched alkanes of at least 4 members (excludes halogenated alkanes) is 2. The summed E-state index contributed by atoms with van der Waals surface area (Å²) in [6.45, 7) is 13.0. The van der Waals surface area contributed by atoms with Crippen molar-refractivity contribution >= 4 is 13.8 Å². The number of ether oxygens (including phenoxy) is 1. The molecule has 9 nitrogen and oxygen atoms in total. The van der Waals surface area contributed by atoms with E-state index in [0.29, 0.717) is 51.4 Å². The van der Waals surface area contributed by atoms with E-state index in [1.165, 1.54) is 0 Å². The fourth-order valence-electron chi connectivity index (χ4n) is 6.42. The summed E-state index contributed by atoms with van der Waals surface area (Å²) in [6.07, 6.45) is 0.970. The molecular formula is C37H51N2O7P. The van der Waals surface area contributed by atoms with E-state index in [0.717, 1.165) is 40.7 Å². The molecule has 5 rings (SSSR count). The Hall–Kier alpha value is -2.88. The van der Waals surface area contributed by atoms with Crippen molar-refractivity contribution in [2.24, 2.45) is 0 Å². The van der Waals surface area contributed by atoms with E-state index in [-0.39, 0.29) is 6.61 Å². The third-order valence-electron chi connectivity index (χ3n) is 8.59. The maximum atomic E-state index is 12.1. The number of alkyl carbamates (subject to hydrolysis) is 1. The van der Waals surface area contributed by atoms with Crippen molar-refractivity contribution in [3.05, 3.63) is 95.6 Å². The van der Waals surface area contributed by atoms with Crippen LogP contribution in [0.15, 0.2) is 78.9 Å². The van der Waals surface area contributed by atoms with Crippen LogP contribution >= 0.6 is 7.74 Å². The van der Waals surface area contributed by atoms with Gasteiger partial charge in [0.05, 0.1) is 0 Å². The Bertz CT molecular complexity index is 1390. The van der Waals surface area contributed by atoms with Crippen LogP contribution in [0.5, 0.6) is 0 Å². The van der Waals surface area contributed by atoms with Gasteiger partial charge in [0, 0.05) is 0 Å². The van der Waals surface area contributed by atoms with Gasteiger partial charge in [0.1, 0.15) is 0 Å². The summed E-state index contributed by atoms with van der Waals surface area (Å²) in [5, 5.41) is 2.83. The molecule has 1 fully saturated rings. The summed E-state index contributed by atoms with van der Waals surface area (Å²) >= 11 is 0. The van der Waals surface area contributed by atoms with Crippen molar-refractivity contribution in [1.82, 2.24) is 10.2 Å². The Kier molecular flexibility index (Phi) is 12.1. The molecular weight excluding hydrogens is 615 g/mol. The Morgan fingerprint density at radius 3 is 1.94 bits per heavy atom. The minimum absolute atomic E-state index is 0.244. The number of nitrogens with one attached hydrogen (secondary N) is 1. The zero-order valence-electron chi connectivity index (χ0n) is 28.4. The van der Waals surface area contributed by atoms with Gasteiger partial charge < -0.3 is 0 Å². The number of nitrogens with zero attached hydrogens (tertiary/aromatic N) is 1. The van der Waals surface area contributed by atoms with Crippen LogP contribution < -0.4 is 5.32 Å². The maximum absolute atomic E-state index is 12.1. The van der Waals surface area contributed by atoms with Crippen molar-refractivity contribution in [3.63, 3.8) is 0 Å². The van der Waals surface area contributed by atoms with Gasteiger partial charge in [-0.05, 0) is 0 Å². The van der Waals surface area contributed by atoms with E-state index in [1.807, 2.05) is 61.5 Å². The van der Waals surface area contributed by atoms with Crippen LogP contribution in [0.25, 0.3) is 11.1 Å². The molecule has 1 N–H and O–H groups in total. The molecule has 1 saturated heterocycles. The van der Waals surface area contributed by atoms with Gasteiger partial charge in [-0.1, -0.05) is 18.2 Å². The van der Waals surface area contributed by atoms with Crippen LogP contribution in [0.2, 0.25) is 0 Å². The van der Waals surface area contributed by atoms with Gasteiger partial charge >= 0.3 is 262 Å². The van der Waals surface area contributed by atoms with Gasteiger partial charge in [-0.15, -0.1) is 0 Å². The molecule has 3 aromatic carbocycles. The van der Waals surface area contributed by atoms with Gasteiger partial charge in [-0.25, -0.2) is 0 Å². The van der Waals surface area contributed by atoms with Crippen LogP contribution in [0, 0.1) is 0 Å². The molecule has 1 aliphatic carbocycles. The molecule has 0 saturated carbocycles. The second-order valence-corrected chi connectivity index (χ2v) is 15.2. The van der Waals surface area contributed by atoms with Crippen LogP contribution in [0.1, 0.15) is 82.8 Å². The Labute approximate surface area is 280 Å². The molecule has 1 heterocycles. The minimum atomic E-state index is -4.54. The van der Waals surface area contributed by atoms with Crippen molar-refractivity contribution in [1.29, 1.82) is 0 Å². The molecule has 1 aliphatic heterocycles. The first kappa shape index (κ1) is 35.4. The van der Waals surface area contributed by atoms with Crippen molar-refractivity contribution in [3.8, 4) is 11.1 Å². The molecule has 47 heavy (non-hydrogen) atoms. The van der Waals surface area contributed by atoms with Crippen molar-refractivity contribution in [2.45, 2.75) is 84.8 Å². The number of carbonyl (C=O) groups excluding carboxylic acids is 1. The standard InChI is InChI=1S/C37H51N2O7P/c1-6-42-47(44-26-24-39(28(2)3)29(4)5,43-25-16-8-15-23-38-37(40)41-27-30-17-9-7-10-18-30)45-35-33-21-13-11-19-31(33)32-20-12-14-22-34(32)36(35)46-47/h7,9-14,17-22,28-29,35-36H,6,8,15-16,23-27H2,1-5H3,(H,38,40). The van der Waals surface area contributed by atoms with Crippen molar-refractivity contribution in [2.75, 3.05) is 32.9 Å². The Morgan fingerprint density at radius 1 is 0.766 bits per heavy atom. The van der Waals surface area contributed by atoms with E-state index >= 15 is 0 Å². The fraction of sp³-hybridized carbons (Fsp3) is 0.486. The summed E-state index contributed by atoms with van der Waals surface area (Å²) in [6, 6.07) is 26.9. The zero-order valence-corrected chi connectivity index (χ0v) is 29.3. The monoisotopic (exact) mass is 666 g/mol. The number of rotatable bonds is 17. The molecule has 256 valence electrons. The summed E-state index contributed by atoms with van der Waals surface area (Å²) in [7, 11) is -4.54. The van der Waals surface area contributed by atoms with Crippen molar-refractivity contribution < 1.29 is 32.2 Å². The van der Waals surface area contributed by atoms with E-state index < -0.39 is 26.0 Å². The Balaban J connectivity index is 1.27. The summed E-state index contributed by atoms with van der Waals surface area (Å²) in [5.74, 6) is 0. The first-order valence-corrected chi connectivity index (χ1v) is 18.8. The van der Waals surface area contributed by atoms with Gasteiger partial charge in [0.25, 0.3) is 0 Å². The molecule has 0 spiro atoms. The second kappa shape index (κ2) is 16.0. The molecule has 2 unspecified atom stereocenters. The molecule has 2 aliphatic rings. The summed E-state index contributed by atoms with van der Waals surface area (Å²) in [5.41, 5.74) is 5.25. The van der Waals surface area contributed by atoms with E-state index in [4.69, 9.17) is 27.4 Å². The average Bonchev–Trinajstić information content (AvgIpc) is 3.42. The van der Waals surface area contributed by atoms with Crippen LogP contribution in [-0.2, 0) is 34.0 Å². The third kappa shape index (κ3) is 8.41. The van der Waals surface area contributed by atoms with E-state index in [2.05, 4.69) is 62.2 Å². The molecule has 1 amide bonds. The topological polar surface area (TPSA) is 87.7 Å². The normalized spacial score (nSPS) is 19.9. The second-order valence-electron chi connectivity index (χ2n) is 12.5. The van der Waals surface area contributed by atoms with Gasteiger partial charge in [-0.2, -0.15) is 0 Å². The van der Waals surface area contributed by atoms with E-state index in [9.17, 15) is 4.79 Å². The predicted molar refractivity (Wildman–Crippen MR) is 185 cm³/mol. The summed E-state index contributed by atoms with van der Waals surface area (Å²) in [4.78, 5) is 14.5. The zero-order chi connectivity index (χ0) is 33.3. The number of amides is 1. The van der Waals surface area contributed by atoms with Gasteiger partial charge in [0.15, 0.2) is 0 Å². The fourth-order valence-corrected chi connectivity index (χ4v) is 9.48. The summed E-state index contributed by atoms with van der Waals surface area (Å²) < 4.78 is 39.1. The molecule has 3 aromatic rings. The molecule has 10 heteroatoms. The quantitative estimate of drug-likeness (QED) is 0.113. The number of fused-ring (bicyclic) bond motifs is 6. The molecule has 0 bridgehead atoms. The van der Waals surface area contributed by atoms with Crippen LogP contribution in [0.4, 0.5) is 4.79 Å². The molecule has 2 atom stereocenters. The van der Waals surface area contributed by atoms with E-state index in [1.54, 1.807) is 0 Å². The first-order valence-electron chi connectivity index (χ1n) is 17.0. The van der Waals surface area contributed by atoms with Gasteiger partial charge in [-0.3, -0.25) is 0 Å². The van der Waals surface area contributed by atoms with Gasteiger partial charge in [0.2, 0.25) is 0 Å². The van der Waals surface area contributed by atoms with Crippen LogP contribution in [0.3, 0.4) is 0 Å². The SMILES string of the molecule is CCOP1(OCCCCCNC(=O)OCc2ccccc2)(OCCN(C(C)C)C(C)C)OC2c3ccccc3-c3ccccc3C2O1. The average molecular weight is 667 g/mol. The number of carbonyl (C=O) groups is 1. The number of benzene rings is 3. The number of hydrogen-bond donors (Lipinski definition) is 1. The Morgan fingerprint density at radius 2 is 1.34 bits per heavy atom. The first-order chi connectivity index (χ1) is 22.7. The number of hydrogen-bond acceptors (Lipinski definition) is 8. The molecule has 0 radical (unpaired) electrons. The molecule has 0 aromatic heterocycles.